The zero-order chi connectivity index (χ0) is 13.9. The molecule has 0 saturated heterocycles. The van der Waals surface area contributed by atoms with E-state index in [0.717, 1.165) is 12.0 Å². The zero-order valence-corrected chi connectivity index (χ0v) is 11.9. The SMILES string of the molecule is Cc1[nH]ncc1S(=O)(=O)Nc1ccc(CCCl)cc1. The maximum absolute atomic E-state index is 12.1. The Balaban J connectivity index is 2.19. The number of sulfonamides is 1. The molecule has 0 amide bonds. The first-order valence-corrected chi connectivity index (χ1v) is 7.72. The number of rotatable bonds is 5. The number of nitrogens with zero attached hydrogens (tertiary/aromatic N) is 1. The van der Waals surface area contributed by atoms with Crippen LogP contribution in [0.2, 0.25) is 0 Å². The topological polar surface area (TPSA) is 74.8 Å². The minimum Gasteiger partial charge on any atom is -0.281 e. The predicted octanol–water partition coefficient (Wildman–Crippen LogP) is 2.30. The summed E-state index contributed by atoms with van der Waals surface area (Å²) in [5.74, 6) is 0.541. The molecule has 2 N–H and O–H groups in total. The molecule has 0 fully saturated rings. The molecule has 19 heavy (non-hydrogen) atoms. The second kappa shape index (κ2) is 5.63. The lowest BCUT2D eigenvalue weighted by Gasteiger charge is -2.07. The Labute approximate surface area is 117 Å². The molecule has 0 aliphatic heterocycles. The number of aryl methyl sites for hydroxylation is 2. The lowest BCUT2D eigenvalue weighted by atomic mass is 10.2. The Bertz CT molecular complexity index is 650. The number of H-pyrrole nitrogens is 1. The van der Waals surface area contributed by atoms with Crippen molar-refractivity contribution in [2.24, 2.45) is 0 Å². The summed E-state index contributed by atoms with van der Waals surface area (Å²) in [6.45, 7) is 1.66. The Morgan fingerprint density at radius 3 is 2.53 bits per heavy atom. The van der Waals surface area contributed by atoms with Gasteiger partial charge in [0.2, 0.25) is 0 Å². The fourth-order valence-electron chi connectivity index (χ4n) is 1.67. The summed E-state index contributed by atoms with van der Waals surface area (Å²) in [5.41, 5.74) is 2.09. The van der Waals surface area contributed by atoms with Crippen LogP contribution in [-0.2, 0) is 16.4 Å². The monoisotopic (exact) mass is 299 g/mol. The molecule has 0 aliphatic rings. The molecule has 1 aromatic carbocycles. The second-order valence-corrected chi connectivity index (χ2v) is 6.13. The van der Waals surface area contributed by atoms with E-state index >= 15 is 0 Å². The van der Waals surface area contributed by atoms with Crippen LogP contribution < -0.4 is 4.72 Å². The van der Waals surface area contributed by atoms with Crippen LogP contribution >= 0.6 is 11.6 Å². The van der Waals surface area contributed by atoms with Crippen LogP contribution in [0.4, 0.5) is 5.69 Å². The molecule has 0 saturated carbocycles. The molecule has 7 heteroatoms. The second-order valence-electron chi connectivity index (χ2n) is 4.10. The summed E-state index contributed by atoms with van der Waals surface area (Å²) in [6.07, 6.45) is 2.05. The van der Waals surface area contributed by atoms with E-state index in [-0.39, 0.29) is 4.90 Å². The first-order valence-electron chi connectivity index (χ1n) is 5.70. The number of hydrogen-bond donors (Lipinski definition) is 2. The number of nitrogens with one attached hydrogen (secondary N) is 2. The summed E-state index contributed by atoms with van der Waals surface area (Å²) in [7, 11) is -3.60. The fourth-order valence-corrected chi connectivity index (χ4v) is 3.08. The Kier molecular flexibility index (Phi) is 4.11. The zero-order valence-electron chi connectivity index (χ0n) is 10.4. The number of alkyl halides is 1. The first kappa shape index (κ1) is 13.9. The van der Waals surface area contributed by atoms with E-state index in [4.69, 9.17) is 11.6 Å². The van der Waals surface area contributed by atoms with Crippen molar-refractivity contribution in [3.63, 3.8) is 0 Å². The van der Waals surface area contributed by atoms with Gasteiger partial charge >= 0.3 is 0 Å². The van der Waals surface area contributed by atoms with Crippen molar-refractivity contribution in [3.8, 4) is 0 Å². The average Bonchev–Trinajstić information content (AvgIpc) is 2.79. The summed E-state index contributed by atoms with van der Waals surface area (Å²) >= 11 is 5.65. The van der Waals surface area contributed by atoms with Crippen LogP contribution in [0.5, 0.6) is 0 Å². The van der Waals surface area contributed by atoms with Crippen molar-refractivity contribution < 1.29 is 8.42 Å². The number of aromatic nitrogens is 2. The maximum atomic E-state index is 12.1. The fraction of sp³-hybridized carbons (Fsp3) is 0.250. The van der Waals surface area contributed by atoms with Gasteiger partial charge in [0, 0.05) is 11.6 Å². The van der Waals surface area contributed by atoms with Crippen LogP contribution in [-0.4, -0.2) is 24.5 Å². The van der Waals surface area contributed by atoms with Crippen LogP contribution in [0.3, 0.4) is 0 Å². The molecule has 0 spiro atoms. The minimum absolute atomic E-state index is 0.150. The van der Waals surface area contributed by atoms with Crippen molar-refractivity contribution in [2.75, 3.05) is 10.6 Å². The molecule has 1 heterocycles. The first-order chi connectivity index (χ1) is 9.03. The van der Waals surface area contributed by atoms with Crippen LogP contribution in [0, 0.1) is 6.92 Å². The van der Waals surface area contributed by atoms with Crippen molar-refractivity contribution in [1.29, 1.82) is 0 Å². The molecule has 0 bridgehead atoms. The lowest BCUT2D eigenvalue weighted by Crippen LogP contribution is -2.13. The van der Waals surface area contributed by atoms with E-state index in [1.807, 2.05) is 12.1 Å². The standard InChI is InChI=1S/C12H14ClN3O2S/c1-9-12(8-14-15-9)19(17,18)16-11-4-2-10(3-5-11)6-7-13/h2-5,8,16H,6-7H2,1H3,(H,14,15). The molecule has 2 rings (SSSR count). The van der Waals surface area contributed by atoms with E-state index in [9.17, 15) is 8.42 Å². The number of benzene rings is 1. The van der Waals surface area contributed by atoms with Gasteiger partial charge in [0.15, 0.2) is 0 Å². The third-order valence-corrected chi connectivity index (χ3v) is 4.35. The van der Waals surface area contributed by atoms with Crippen molar-refractivity contribution in [3.05, 3.63) is 41.7 Å². The smallest absolute Gasteiger partial charge is 0.265 e. The summed E-state index contributed by atoms with van der Waals surface area (Å²) in [6, 6.07) is 7.13. The lowest BCUT2D eigenvalue weighted by molar-refractivity contribution is 0.600. The van der Waals surface area contributed by atoms with Gasteiger partial charge in [0.25, 0.3) is 10.0 Å². The average molecular weight is 300 g/mol. The third-order valence-electron chi connectivity index (χ3n) is 2.66. The van der Waals surface area contributed by atoms with Gasteiger partial charge in [0.1, 0.15) is 4.90 Å². The highest BCUT2D eigenvalue weighted by molar-refractivity contribution is 7.92. The van der Waals surface area contributed by atoms with Gasteiger partial charge in [-0.1, -0.05) is 12.1 Å². The van der Waals surface area contributed by atoms with Gasteiger partial charge in [-0.05, 0) is 31.0 Å². The molecule has 0 aliphatic carbocycles. The Morgan fingerprint density at radius 1 is 1.32 bits per heavy atom. The van der Waals surface area contributed by atoms with E-state index in [0.29, 0.717) is 17.3 Å². The van der Waals surface area contributed by atoms with E-state index < -0.39 is 10.0 Å². The molecule has 102 valence electrons. The third kappa shape index (κ3) is 3.27. The van der Waals surface area contributed by atoms with Gasteiger partial charge in [0.05, 0.1) is 11.9 Å². The van der Waals surface area contributed by atoms with Gasteiger partial charge in [-0.2, -0.15) is 5.10 Å². The highest BCUT2D eigenvalue weighted by Gasteiger charge is 2.18. The maximum Gasteiger partial charge on any atom is 0.265 e. The minimum atomic E-state index is -3.60. The number of aromatic amines is 1. The van der Waals surface area contributed by atoms with Crippen molar-refractivity contribution >= 4 is 27.3 Å². The normalized spacial score (nSPS) is 11.5. The molecular formula is C12H14ClN3O2S. The van der Waals surface area contributed by atoms with Gasteiger partial charge in [-0.3, -0.25) is 9.82 Å². The van der Waals surface area contributed by atoms with Crippen LogP contribution in [0.25, 0.3) is 0 Å². The highest BCUT2D eigenvalue weighted by atomic mass is 35.5. The van der Waals surface area contributed by atoms with Crippen molar-refractivity contribution in [2.45, 2.75) is 18.2 Å². The molecule has 0 radical (unpaired) electrons. The van der Waals surface area contributed by atoms with Gasteiger partial charge in [-0.15, -0.1) is 11.6 Å². The summed E-state index contributed by atoms with van der Waals surface area (Å²) < 4.78 is 26.7. The predicted molar refractivity (Wildman–Crippen MR) is 75.0 cm³/mol. The van der Waals surface area contributed by atoms with E-state index in [1.54, 1.807) is 19.1 Å². The van der Waals surface area contributed by atoms with Crippen LogP contribution in [0.1, 0.15) is 11.3 Å². The number of anilines is 1. The van der Waals surface area contributed by atoms with E-state index in [2.05, 4.69) is 14.9 Å². The molecule has 0 atom stereocenters. The molecule has 1 aromatic heterocycles. The van der Waals surface area contributed by atoms with Gasteiger partial charge in [-0.25, -0.2) is 8.42 Å². The molecule has 5 nitrogen and oxygen atoms in total. The van der Waals surface area contributed by atoms with E-state index in [1.165, 1.54) is 6.20 Å². The summed E-state index contributed by atoms with van der Waals surface area (Å²) in [4.78, 5) is 0.150. The molecular weight excluding hydrogens is 286 g/mol. The van der Waals surface area contributed by atoms with Gasteiger partial charge < -0.3 is 0 Å². The largest absolute Gasteiger partial charge is 0.281 e. The van der Waals surface area contributed by atoms with Crippen molar-refractivity contribution in [1.82, 2.24) is 10.2 Å². The number of hydrogen-bond acceptors (Lipinski definition) is 3. The highest BCUT2D eigenvalue weighted by Crippen LogP contribution is 2.18. The Hall–Kier alpha value is -1.53. The molecule has 2 aromatic rings. The summed E-state index contributed by atoms with van der Waals surface area (Å²) in [5, 5.41) is 6.31. The quantitative estimate of drug-likeness (QED) is 0.832. The molecule has 0 unspecified atom stereocenters. The number of halogens is 1. The van der Waals surface area contributed by atoms with Crippen LogP contribution in [0.15, 0.2) is 35.4 Å². The Morgan fingerprint density at radius 2 is 2.00 bits per heavy atom.